The molecule has 0 aromatic heterocycles. The Kier molecular flexibility index (Phi) is 9.55. The Morgan fingerprint density at radius 2 is 1.50 bits per heavy atom. The van der Waals surface area contributed by atoms with Crippen LogP contribution in [0.1, 0.15) is 19.3 Å². The lowest BCUT2D eigenvalue weighted by atomic mass is 9.86. The number of likely N-dealkylation sites (N-methyl/N-ethyl adjacent to an activating group) is 2. The summed E-state index contributed by atoms with van der Waals surface area (Å²) >= 11 is 12.9. The molecule has 0 N–H and O–H groups in total. The SMILES string of the molecule is COC1(OC)C(N(C)C)=C(Cl)C(=O)/C1=C/CCC1/C=C/CC(=O)/C(Cl)=C(/N(C)C)C1(OC)OC. The van der Waals surface area contributed by atoms with Crippen molar-refractivity contribution in [2.75, 3.05) is 56.6 Å². The van der Waals surface area contributed by atoms with E-state index in [1.807, 2.05) is 6.08 Å². The maximum absolute atomic E-state index is 13.0. The molecule has 0 saturated carbocycles. The number of hydrogen-bond donors (Lipinski definition) is 0. The summed E-state index contributed by atoms with van der Waals surface area (Å²) in [6.45, 7) is 0. The minimum atomic E-state index is -1.40. The van der Waals surface area contributed by atoms with Crippen molar-refractivity contribution in [3.05, 3.63) is 45.3 Å². The molecule has 2 aliphatic rings. The van der Waals surface area contributed by atoms with Gasteiger partial charge in [0.1, 0.15) is 15.8 Å². The molecular formula is C24H34Cl2N2O6. The van der Waals surface area contributed by atoms with E-state index in [0.29, 0.717) is 29.8 Å². The Morgan fingerprint density at radius 1 is 0.941 bits per heavy atom. The van der Waals surface area contributed by atoms with E-state index in [-0.39, 0.29) is 34.0 Å². The second kappa shape index (κ2) is 11.4. The van der Waals surface area contributed by atoms with Gasteiger partial charge in [0.2, 0.25) is 17.4 Å². The van der Waals surface area contributed by atoms with Gasteiger partial charge in [-0.3, -0.25) is 9.59 Å². The van der Waals surface area contributed by atoms with Gasteiger partial charge in [-0.15, -0.1) is 0 Å². The van der Waals surface area contributed by atoms with Gasteiger partial charge in [0.25, 0.3) is 0 Å². The van der Waals surface area contributed by atoms with E-state index in [1.54, 1.807) is 50.1 Å². The number of allylic oxidation sites excluding steroid dienone is 4. The lowest BCUT2D eigenvalue weighted by Gasteiger charge is -2.42. The fraction of sp³-hybridized carbons (Fsp3) is 0.583. The number of carbonyl (C=O) groups is 2. The largest absolute Gasteiger partial charge is 0.375 e. The van der Waals surface area contributed by atoms with Crippen molar-refractivity contribution in [3.8, 4) is 0 Å². The van der Waals surface area contributed by atoms with Crippen LogP contribution in [0.3, 0.4) is 0 Å². The third kappa shape index (κ3) is 4.72. The number of hydrogen-bond acceptors (Lipinski definition) is 8. The molecular weight excluding hydrogens is 483 g/mol. The molecule has 34 heavy (non-hydrogen) atoms. The third-order valence-corrected chi connectivity index (χ3v) is 6.90. The first-order valence-electron chi connectivity index (χ1n) is 10.8. The predicted octanol–water partition coefficient (Wildman–Crippen LogP) is 3.42. The standard InChI is InChI=1S/C24H34Cl2N2O6/c1-27(2)21-18(25)17(29)14-10-12-15(23(21,31-5)32-6)11-9-13-16-20(30)19(26)22(28(3)4)24(16,33-7)34-8/h10,12-13,15H,9,11,14H2,1-8H3/b12-10+,16-13-,21-18-. The molecule has 2 aliphatic carbocycles. The molecule has 2 rings (SSSR count). The maximum atomic E-state index is 13.0. The zero-order chi connectivity index (χ0) is 25.8. The summed E-state index contributed by atoms with van der Waals surface area (Å²) in [6.07, 6.45) is 6.53. The fourth-order valence-corrected chi connectivity index (χ4v) is 5.43. The van der Waals surface area contributed by atoms with E-state index in [1.165, 1.54) is 28.4 Å². The van der Waals surface area contributed by atoms with Gasteiger partial charge in [0.05, 0.1) is 11.3 Å². The van der Waals surface area contributed by atoms with Gasteiger partial charge in [-0.1, -0.05) is 41.4 Å². The average Bonchev–Trinajstić information content (AvgIpc) is 3.01. The topological polar surface area (TPSA) is 77.5 Å². The molecule has 1 atom stereocenters. The van der Waals surface area contributed by atoms with Gasteiger partial charge in [-0.2, -0.15) is 0 Å². The van der Waals surface area contributed by atoms with Crippen LogP contribution >= 0.6 is 23.2 Å². The van der Waals surface area contributed by atoms with Crippen LogP contribution in [0.2, 0.25) is 0 Å². The number of halogens is 2. The molecule has 0 radical (unpaired) electrons. The highest BCUT2D eigenvalue weighted by Crippen LogP contribution is 2.44. The van der Waals surface area contributed by atoms with Crippen molar-refractivity contribution in [3.63, 3.8) is 0 Å². The van der Waals surface area contributed by atoms with Gasteiger partial charge >= 0.3 is 0 Å². The molecule has 8 nitrogen and oxygen atoms in total. The van der Waals surface area contributed by atoms with Crippen LogP contribution in [0.5, 0.6) is 0 Å². The summed E-state index contributed by atoms with van der Waals surface area (Å²) in [5.74, 6) is -3.62. The van der Waals surface area contributed by atoms with Gasteiger partial charge < -0.3 is 28.7 Å². The molecule has 0 fully saturated rings. The van der Waals surface area contributed by atoms with Crippen LogP contribution in [0.4, 0.5) is 0 Å². The van der Waals surface area contributed by atoms with Crippen LogP contribution in [0, 0.1) is 5.92 Å². The Labute approximate surface area is 211 Å². The van der Waals surface area contributed by atoms with Gasteiger partial charge in [-0.25, -0.2) is 0 Å². The molecule has 0 aromatic carbocycles. The number of nitrogens with zero attached hydrogens (tertiary/aromatic N) is 2. The maximum Gasteiger partial charge on any atom is 0.242 e. The minimum Gasteiger partial charge on any atom is -0.375 e. The zero-order valence-electron chi connectivity index (χ0n) is 21.0. The molecule has 0 aliphatic heterocycles. The van der Waals surface area contributed by atoms with Gasteiger partial charge in [0.15, 0.2) is 5.78 Å². The normalized spacial score (nSPS) is 26.6. The summed E-state index contributed by atoms with van der Waals surface area (Å²) < 4.78 is 23.1. The lowest BCUT2D eigenvalue weighted by Crippen LogP contribution is -2.48. The molecule has 0 bridgehead atoms. The highest BCUT2D eigenvalue weighted by molar-refractivity contribution is 6.47. The highest BCUT2D eigenvalue weighted by Gasteiger charge is 2.52. The number of Topliss-reactive ketones (excluding diaryl/α,β-unsaturated/α-hetero) is 2. The highest BCUT2D eigenvalue weighted by atomic mass is 35.5. The first kappa shape index (κ1) is 28.6. The fourth-order valence-electron chi connectivity index (χ4n) is 4.66. The summed E-state index contributed by atoms with van der Waals surface area (Å²) in [4.78, 5) is 29.0. The molecule has 10 heteroatoms. The van der Waals surface area contributed by atoms with E-state index < -0.39 is 11.6 Å². The van der Waals surface area contributed by atoms with Crippen LogP contribution in [0.25, 0.3) is 0 Å². The molecule has 0 saturated heterocycles. The molecule has 0 amide bonds. The molecule has 0 aromatic rings. The van der Waals surface area contributed by atoms with Crippen molar-refractivity contribution in [2.24, 2.45) is 5.92 Å². The van der Waals surface area contributed by atoms with E-state index in [2.05, 4.69) is 0 Å². The third-order valence-electron chi connectivity index (χ3n) is 6.16. The summed E-state index contributed by atoms with van der Waals surface area (Å²) in [7, 11) is 13.1. The van der Waals surface area contributed by atoms with Gasteiger partial charge in [-0.05, 0) is 12.8 Å². The molecule has 1 unspecified atom stereocenters. The Hall–Kier alpha value is -1.68. The monoisotopic (exact) mass is 516 g/mol. The van der Waals surface area contributed by atoms with Crippen molar-refractivity contribution >= 4 is 34.8 Å². The first-order valence-corrected chi connectivity index (χ1v) is 11.6. The van der Waals surface area contributed by atoms with E-state index in [0.717, 1.165) is 0 Å². The number of ether oxygens (including phenoxy) is 4. The second-order valence-corrected chi connectivity index (χ2v) is 9.16. The number of methoxy groups -OCH3 is 4. The van der Waals surface area contributed by atoms with E-state index in [4.69, 9.17) is 42.1 Å². The second-order valence-electron chi connectivity index (χ2n) is 8.40. The lowest BCUT2D eigenvalue weighted by molar-refractivity contribution is -0.214. The van der Waals surface area contributed by atoms with Crippen LogP contribution in [-0.2, 0) is 28.5 Å². The van der Waals surface area contributed by atoms with Crippen molar-refractivity contribution in [1.82, 2.24) is 9.80 Å². The van der Waals surface area contributed by atoms with Crippen LogP contribution in [0.15, 0.2) is 45.3 Å². The number of rotatable bonds is 9. The summed E-state index contributed by atoms with van der Waals surface area (Å²) in [5.41, 5.74) is 1.18. The Bertz CT molecular complexity index is 928. The summed E-state index contributed by atoms with van der Waals surface area (Å²) in [5, 5.41) is 0.119. The molecule has 0 spiro atoms. The molecule has 0 heterocycles. The van der Waals surface area contributed by atoms with Gasteiger partial charge in [0, 0.05) is 69.0 Å². The van der Waals surface area contributed by atoms with Crippen molar-refractivity contribution < 1.29 is 28.5 Å². The predicted molar refractivity (Wildman–Crippen MR) is 131 cm³/mol. The van der Waals surface area contributed by atoms with Crippen molar-refractivity contribution in [1.29, 1.82) is 0 Å². The van der Waals surface area contributed by atoms with E-state index in [9.17, 15) is 9.59 Å². The summed E-state index contributed by atoms with van der Waals surface area (Å²) in [6, 6.07) is 0. The smallest absolute Gasteiger partial charge is 0.242 e. The quantitative estimate of drug-likeness (QED) is 0.262. The number of ketones is 2. The first-order chi connectivity index (χ1) is 16.0. The van der Waals surface area contributed by atoms with Crippen LogP contribution < -0.4 is 0 Å². The Morgan fingerprint density at radius 3 is 1.97 bits per heavy atom. The Balaban J connectivity index is 2.48. The average molecular weight is 517 g/mol. The zero-order valence-corrected chi connectivity index (χ0v) is 22.5. The minimum absolute atomic E-state index is 0.0528. The van der Waals surface area contributed by atoms with E-state index >= 15 is 0 Å². The van der Waals surface area contributed by atoms with Crippen LogP contribution in [-0.4, -0.2) is 89.6 Å². The number of carbonyl (C=O) groups excluding carboxylic acids is 2. The van der Waals surface area contributed by atoms with Crippen molar-refractivity contribution in [2.45, 2.75) is 30.8 Å². The molecule has 190 valence electrons.